The fraction of sp³-hybridized carbons (Fsp3) is 0.333. The molecule has 0 bridgehead atoms. The van der Waals surface area contributed by atoms with E-state index in [0.29, 0.717) is 23.9 Å². The van der Waals surface area contributed by atoms with Crippen molar-refractivity contribution in [3.63, 3.8) is 0 Å². The van der Waals surface area contributed by atoms with E-state index >= 15 is 0 Å². The zero-order valence-electron chi connectivity index (χ0n) is 16.2. The van der Waals surface area contributed by atoms with Gasteiger partial charge in [0.15, 0.2) is 0 Å². The Morgan fingerprint density at radius 3 is 2.11 bits per heavy atom. The van der Waals surface area contributed by atoms with Crippen LogP contribution in [0.5, 0.6) is 0 Å². The Balaban J connectivity index is 1.52. The maximum Gasteiger partial charge on any atom is 0.0551 e. The molecule has 1 nitrogen and oxygen atoms in total. The zero-order chi connectivity index (χ0) is 18.5. The molecule has 2 fully saturated rings. The molecule has 3 aliphatic rings. The summed E-state index contributed by atoms with van der Waals surface area (Å²) in [6.07, 6.45) is 5.30. The van der Waals surface area contributed by atoms with E-state index in [1.165, 1.54) is 36.9 Å². The zero-order valence-corrected chi connectivity index (χ0v) is 16.2. The first-order valence-electron chi connectivity index (χ1n) is 10.9. The molecule has 6 rings (SSSR count). The predicted octanol–water partition coefficient (Wildman–Crippen LogP) is 6.69. The molecule has 28 heavy (non-hydrogen) atoms. The Bertz CT molecular complexity index is 964. The van der Waals surface area contributed by atoms with Crippen molar-refractivity contribution in [1.29, 1.82) is 0 Å². The van der Waals surface area contributed by atoms with E-state index in [2.05, 4.69) is 89.8 Å². The summed E-state index contributed by atoms with van der Waals surface area (Å²) in [6, 6.07) is 33.0. The minimum absolute atomic E-state index is 0.469. The second-order valence-electron chi connectivity index (χ2n) is 8.84. The van der Waals surface area contributed by atoms with Crippen molar-refractivity contribution in [2.45, 2.75) is 49.6 Å². The minimum atomic E-state index is 0.469. The molecule has 1 heteroatoms. The molecule has 0 spiro atoms. The van der Waals surface area contributed by atoms with Gasteiger partial charge in [-0.3, -0.25) is 0 Å². The molecule has 0 aromatic heterocycles. The molecule has 5 atom stereocenters. The highest BCUT2D eigenvalue weighted by Crippen LogP contribution is 2.60. The standard InChI is InChI=1S/C27H27N/c1-3-10-19(11-4-1)24-18-26(20-12-5-2-6-13-20)28-25-17-8-7-14-21(25)22-15-9-16-23(24)27(22)28/h1-8,10-14,17,22-24,26-27H,9,15-16,18H2/t22-,23+,24-,26+,27-/m0/s1. The molecule has 0 radical (unpaired) electrons. The number of fused-ring (bicyclic) bond motifs is 3. The maximum absolute atomic E-state index is 2.83. The average molecular weight is 366 g/mol. The van der Waals surface area contributed by atoms with Crippen LogP contribution in [0.1, 0.15) is 60.3 Å². The van der Waals surface area contributed by atoms with Crippen LogP contribution in [0.15, 0.2) is 84.9 Å². The number of para-hydroxylation sites is 1. The maximum atomic E-state index is 2.83. The molecule has 0 N–H and O–H groups in total. The Labute approximate surface area is 168 Å². The fourth-order valence-corrected chi connectivity index (χ4v) is 6.55. The lowest BCUT2D eigenvalue weighted by atomic mass is 9.64. The van der Waals surface area contributed by atoms with Gasteiger partial charge in [-0.25, -0.2) is 0 Å². The fourth-order valence-electron chi connectivity index (χ4n) is 6.55. The molecule has 0 amide bonds. The van der Waals surface area contributed by atoms with Crippen molar-refractivity contribution >= 4 is 5.69 Å². The SMILES string of the molecule is c1ccc([C@H]2C[C@@H](c3ccccc3)[C@H]3CCC[C@H]4c5ccccc5N2[C@H]34)cc1. The van der Waals surface area contributed by atoms with Crippen molar-refractivity contribution in [3.05, 3.63) is 102 Å². The number of piperidine rings is 1. The van der Waals surface area contributed by atoms with Gasteiger partial charge in [-0.2, -0.15) is 0 Å². The highest BCUT2D eigenvalue weighted by atomic mass is 15.2. The van der Waals surface area contributed by atoms with Crippen molar-refractivity contribution in [2.24, 2.45) is 5.92 Å². The Hall–Kier alpha value is -2.54. The third kappa shape index (κ3) is 2.38. The second kappa shape index (κ2) is 6.51. The lowest BCUT2D eigenvalue weighted by molar-refractivity contribution is 0.176. The monoisotopic (exact) mass is 365 g/mol. The third-order valence-electron chi connectivity index (χ3n) is 7.58. The molecule has 2 aliphatic heterocycles. The van der Waals surface area contributed by atoms with Crippen LogP contribution >= 0.6 is 0 Å². The van der Waals surface area contributed by atoms with Crippen LogP contribution in [0.3, 0.4) is 0 Å². The first-order valence-corrected chi connectivity index (χ1v) is 10.9. The quantitative estimate of drug-likeness (QED) is 0.489. The number of rotatable bonds is 2. The number of benzene rings is 3. The highest BCUT2D eigenvalue weighted by Gasteiger charge is 2.53. The molecule has 1 saturated heterocycles. The summed E-state index contributed by atoms with van der Waals surface area (Å²) in [5, 5.41) is 0. The summed E-state index contributed by atoms with van der Waals surface area (Å²) in [5.74, 6) is 2.12. The van der Waals surface area contributed by atoms with Crippen LogP contribution in [0.2, 0.25) is 0 Å². The van der Waals surface area contributed by atoms with Gasteiger partial charge in [0.05, 0.1) is 6.04 Å². The smallest absolute Gasteiger partial charge is 0.0551 e. The lowest BCUT2D eigenvalue weighted by Crippen LogP contribution is -2.51. The van der Waals surface area contributed by atoms with Crippen LogP contribution < -0.4 is 4.90 Å². The molecule has 140 valence electrons. The number of hydrogen-bond acceptors (Lipinski definition) is 1. The molecular formula is C27H27N. The largest absolute Gasteiger partial charge is 0.360 e. The van der Waals surface area contributed by atoms with Gasteiger partial charge in [-0.1, -0.05) is 85.3 Å². The molecular weight excluding hydrogens is 338 g/mol. The second-order valence-corrected chi connectivity index (χ2v) is 8.84. The van der Waals surface area contributed by atoms with Gasteiger partial charge in [-0.15, -0.1) is 0 Å². The molecule has 3 aromatic rings. The van der Waals surface area contributed by atoms with Crippen molar-refractivity contribution in [3.8, 4) is 0 Å². The van der Waals surface area contributed by atoms with E-state index in [1.54, 1.807) is 11.1 Å². The Kier molecular flexibility index (Phi) is 3.82. The molecule has 1 aliphatic carbocycles. The van der Waals surface area contributed by atoms with E-state index in [0.717, 1.165) is 5.92 Å². The number of hydrogen-bond donors (Lipinski definition) is 0. The summed E-state index contributed by atoms with van der Waals surface area (Å²) >= 11 is 0. The molecule has 2 heterocycles. The predicted molar refractivity (Wildman–Crippen MR) is 116 cm³/mol. The minimum Gasteiger partial charge on any atom is -0.360 e. The molecule has 0 unspecified atom stereocenters. The Morgan fingerprint density at radius 1 is 0.643 bits per heavy atom. The molecule has 3 aromatic carbocycles. The summed E-state index contributed by atoms with van der Waals surface area (Å²) in [6.45, 7) is 0. The van der Waals surface area contributed by atoms with Crippen molar-refractivity contribution < 1.29 is 0 Å². The van der Waals surface area contributed by atoms with Gasteiger partial charge in [-0.05, 0) is 53.9 Å². The van der Waals surface area contributed by atoms with Gasteiger partial charge in [0, 0.05) is 17.6 Å². The van der Waals surface area contributed by atoms with Gasteiger partial charge >= 0.3 is 0 Å². The van der Waals surface area contributed by atoms with E-state index in [9.17, 15) is 0 Å². The third-order valence-corrected chi connectivity index (χ3v) is 7.58. The first kappa shape index (κ1) is 16.4. The molecule has 1 saturated carbocycles. The normalized spacial score (nSPS) is 30.6. The summed E-state index contributed by atoms with van der Waals surface area (Å²) in [4.78, 5) is 2.83. The van der Waals surface area contributed by atoms with E-state index in [4.69, 9.17) is 0 Å². The number of nitrogens with zero attached hydrogens (tertiary/aromatic N) is 1. The topological polar surface area (TPSA) is 3.24 Å². The summed E-state index contributed by atoms with van der Waals surface area (Å²) in [5.41, 5.74) is 6.13. The lowest BCUT2D eigenvalue weighted by Gasteiger charge is -2.52. The van der Waals surface area contributed by atoms with Crippen LogP contribution in [0.25, 0.3) is 0 Å². The summed E-state index contributed by atoms with van der Waals surface area (Å²) in [7, 11) is 0. The van der Waals surface area contributed by atoms with E-state index in [-0.39, 0.29) is 0 Å². The van der Waals surface area contributed by atoms with Gasteiger partial charge in [0.1, 0.15) is 0 Å². The Morgan fingerprint density at radius 2 is 1.32 bits per heavy atom. The van der Waals surface area contributed by atoms with Crippen molar-refractivity contribution in [1.82, 2.24) is 0 Å². The van der Waals surface area contributed by atoms with Gasteiger partial charge in [0.2, 0.25) is 0 Å². The van der Waals surface area contributed by atoms with Crippen molar-refractivity contribution in [2.75, 3.05) is 4.90 Å². The van der Waals surface area contributed by atoms with Crippen LogP contribution in [0, 0.1) is 5.92 Å². The first-order chi connectivity index (χ1) is 13.9. The average Bonchev–Trinajstić information content (AvgIpc) is 3.12. The van der Waals surface area contributed by atoms with E-state index < -0.39 is 0 Å². The van der Waals surface area contributed by atoms with Crippen LogP contribution in [-0.4, -0.2) is 6.04 Å². The van der Waals surface area contributed by atoms with Gasteiger partial charge in [0.25, 0.3) is 0 Å². The summed E-state index contributed by atoms with van der Waals surface area (Å²) < 4.78 is 0. The van der Waals surface area contributed by atoms with Crippen LogP contribution in [0.4, 0.5) is 5.69 Å². The van der Waals surface area contributed by atoms with E-state index in [1.807, 2.05) is 0 Å². The highest BCUT2D eigenvalue weighted by molar-refractivity contribution is 5.65. The number of anilines is 1. The van der Waals surface area contributed by atoms with Crippen LogP contribution in [-0.2, 0) is 0 Å². The van der Waals surface area contributed by atoms with Gasteiger partial charge < -0.3 is 4.90 Å².